The lowest BCUT2D eigenvalue weighted by Crippen LogP contribution is -2.45. The molecular weight excluding hydrogens is 435 g/mol. The molecule has 1 aromatic carbocycles. The van der Waals surface area contributed by atoms with E-state index in [1.165, 1.54) is 23.5 Å². The summed E-state index contributed by atoms with van der Waals surface area (Å²) in [5.74, 6) is 0. The van der Waals surface area contributed by atoms with Gasteiger partial charge in [0.15, 0.2) is 0 Å². The number of pyridine rings is 1. The van der Waals surface area contributed by atoms with Gasteiger partial charge in [-0.15, -0.1) is 11.3 Å². The molecule has 0 bridgehead atoms. The van der Waals surface area contributed by atoms with Gasteiger partial charge < -0.3 is 4.40 Å². The molecule has 0 saturated carbocycles. The zero-order valence-electron chi connectivity index (χ0n) is 17.3. The molecule has 32 heavy (non-hydrogen) atoms. The summed E-state index contributed by atoms with van der Waals surface area (Å²) in [5, 5.41) is 2.75. The Hall–Kier alpha value is -2.75. The van der Waals surface area contributed by atoms with Crippen LogP contribution in [0.15, 0.2) is 60.2 Å². The fourth-order valence-electron chi connectivity index (χ4n) is 3.94. The first kappa shape index (κ1) is 21.1. The van der Waals surface area contributed by atoms with E-state index in [1.807, 2.05) is 34.2 Å². The summed E-state index contributed by atoms with van der Waals surface area (Å²) in [4.78, 5) is 14.1. The Kier molecular flexibility index (Phi) is 5.71. The van der Waals surface area contributed by atoms with Crippen LogP contribution in [-0.2, 0) is 19.3 Å². The molecule has 0 unspecified atom stereocenters. The number of hydrogen-bond acceptors (Lipinski definition) is 5. The van der Waals surface area contributed by atoms with Crippen LogP contribution in [0, 0.1) is 0 Å². The monoisotopic (exact) mass is 457 g/mol. The van der Waals surface area contributed by atoms with Crippen LogP contribution < -0.4 is 0 Å². The van der Waals surface area contributed by atoms with Crippen molar-refractivity contribution in [2.24, 2.45) is 0 Å². The van der Waals surface area contributed by atoms with E-state index in [0.29, 0.717) is 5.56 Å². The van der Waals surface area contributed by atoms with Crippen molar-refractivity contribution in [2.75, 3.05) is 26.2 Å². The second kappa shape index (κ2) is 8.65. The van der Waals surface area contributed by atoms with Gasteiger partial charge in [-0.05, 0) is 24.3 Å². The highest BCUT2D eigenvalue weighted by molar-refractivity contribution is 7.13. The molecule has 9 heteroatoms. The Labute approximate surface area is 187 Å². The van der Waals surface area contributed by atoms with Crippen molar-refractivity contribution >= 4 is 17.0 Å². The van der Waals surface area contributed by atoms with E-state index >= 15 is 0 Å². The largest absolute Gasteiger partial charge is 0.416 e. The topological polar surface area (TPSA) is 36.7 Å². The van der Waals surface area contributed by atoms with Gasteiger partial charge in [-0.2, -0.15) is 13.2 Å². The third-order valence-corrected chi connectivity index (χ3v) is 6.60. The molecule has 5 nitrogen and oxygen atoms in total. The summed E-state index contributed by atoms with van der Waals surface area (Å²) in [5.41, 5.74) is 3.07. The lowest BCUT2D eigenvalue weighted by molar-refractivity contribution is -0.137. The Balaban J connectivity index is 1.15. The van der Waals surface area contributed by atoms with E-state index in [-0.39, 0.29) is 0 Å². The fraction of sp³-hybridized carbons (Fsp3) is 0.304. The number of nitrogens with zero attached hydrogens (tertiary/aromatic N) is 5. The zero-order chi connectivity index (χ0) is 22.1. The maximum atomic E-state index is 12.8. The SMILES string of the molecule is FC(F)(F)c1ccc(-c2nc(CN3CCN(Cc4cn5ccccc5n4)CC3)cs2)cc1. The molecule has 5 rings (SSSR count). The molecule has 1 aliphatic heterocycles. The fourth-order valence-corrected chi connectivity index (χ4v) is 4.76. The molecule has 0 N–H and O–H groups in total. The number of imidazole rings is 1. The summed E-state index contributed by atoms with van der Waals surface area (Å²) in [6.45, 7) is 5.40. The number of benzene rings is 1. The normalized spacial score (nSPS) is 16.1. The molecule has 4 aromatic rings. The third-order valence-electron chi connectivity index (χ3n) is 5.66. The van der Waals surface area contributed by atoms with Gasteiger partial charge in [0.05, 0.1) is 17.0 Å². The molecule has 4 heterocycles. The van der Waals surface area contributed by atoms with Crippen LogP contribution in [0.4, 0.5) is 13.2 Å². The van der Waals surface area contributed by atoms with E-state index in [9.17, 15) is 13.2 Å². The van der Waals surface area contributed by atoms with Crippen LogP contribution in [0.3, 0.4) is 0 Å². The second-order valence-electron chi connectivity index (χ2n) is 7.97. The molecule has 1 saturated heterocycles. The third kappa shape index (κ3) is 4.69. The Morgan fingerprint density at radius 1 is 0.844 bits per heavy atom. The summed E-state index contributed by atoms with van der Waals surface area (Å²) >= 11 is 1.47. The van der Waals surface area contributed by atoms with Crippen LogP contribution in [0.2, 0.25) is 0 Å². The highest BCUT2D eigenvalue weighted by Crippen LogP contribution is 2.32. The smallest absolute Gasteiger partial charge is 0.307 e. The molecule has 0 atom stereocenters. The Bertz CT molecular complexity index is 1160. The molecule has 0 radical (unpaired) electrons. The van der Waals surface area contributed by atoms with E-state index < -0.39 is 11.7 Å². The zero-order valence-corrected chi connectivity index (χ0v) is 18.1. The summed E-state index contributed by atoms with van der Waals surface area (Å²) < 4.78 is 40.3. The minimum Gasteiger partial charge on any atom is -0.307 e. The summed E-state index contributed by atoms with van der Waals surface area (Å²) in [7, 11) is 0. The Morgan fingerprint density at radius 3 is 2.19 bits per heavy atom. The van der Waals surface area contributed by atoms with Crippen molar-refractivity contribution in [2.45, 2.75) is 19.3 Å². The minimum atomic E-state index is -4.32. The average molecular weight is 458 g/mol. The number of fused-ring (bicyclic) bond motifs is 1. The number of aromatic nitrogens is 3. The lowest BCUT2D eigenvalue weighted by atomic mass is 10.1. The number of rotatable bonds is 5. The van der Waals surface area contributed by atoms with E-state index in [2.05, 4.69) is 26.0 Å². The van der Waals surface area contributed by atoms with Gasteiger partial charge >= 0.3 is 6.18 Å². The molecule has 3 aromatic heterocycles. The van der Waals surface area contributed by atoms with Gasteiger partial charge in [-0.3, -0.25) is 9.80 Å². The van der Waals surface area contributed by atoms with Crippen LogP contribution in [0.25, 0.3) is 16.2 Å². The molecular formula is C23H22F3N5S. The first-order chi connectivity index (χ1) is 15.4. The molecule has 0 spiro atoms. The van der Waals surface area contributed by atoms with Gasteiger partial charge in [0.2, 0.25) is 0 Å². The molecule has 166 valence electrons. The van der Waals surface area contributed by atoms with Gasteiger partial charge in [-0.1, -0.05) is 18.2 Å². The first-order valence-electron chi connectivity index (χ1n) is 10.4. The van der Waals surface area contributed by atoms with Crippen molar-refractivity contribution in [3.63, 3.8) is 0 Å². The van der Waals surface area contributed by atoms with E-state index in [4.69, 9.17) is 0 Å². The number of piperazine rings is 1. The van der Waals surface area contributed by atoms with Crippen molar-refractivity contribution < 1.29 is 13.2 Å². The van der Waals surface area contributed by atoms with Gasteiger partial charge in [0.25, 0.3) is 0 Å². The van der Waals surface area contributed by atoms with Crippen molar-refractivity contribution in [1.29, 1.82) is 0 Å². The number of alkyl halides is 3. The highest BCUT2D eigenvalue weighted by atomic mass is 32.1. The summed E-state index contributed by atoms with van der Waals surface area (Å²) in [6, 6.07) is 11.2. The maximum Gasteiger partial charge on any atom is 0.416 e. The van der Waals surface area contributed by atoms with Crippen LogP contribution in [-0.4, -0.2) is 50.3 Å². The van der Waals surface area contributed by atoms with Crippen molar-refractivity contribution in [1.82, 2.24) is 24.2 Å². The van der Waals surface area contributed by atoms with Gasteiger partial charge in [0.1, 0.15) is 10.7 Å². The Morgan fingerprint density at radius 2 is 1.53 bits per heavy atom. The van der Waals surface area contributed by atoms with Crippen LogP contribution in [0.5, 0.6) is 0 Å². The first-order valence-corrected chi connectivity index (χ1v) is 11.3. The van der Waals surface area contributed by atoms with Crippen molar-refractivity contribution in [3.05, 3.63) is 77.2 Å². The van der Waals surface area contributed by atoms with Crippen LogP contribution >= 0.6 is 11.3 Å². The molecule has 1 aliphatic rings. The lowest BCUT2D eigenvalue weighted by Gasteiger charge is -2.33. The highest BCUT2D eigenvalue weighted by Gasteiger charge is 2.30. The van der Waals surface area contributed by atoms with Crippen LogP contribution in [0.1, 0.15) is 17.0 Å². The van der Waals surface area contributed by atoms with E-state index in [0.717, 1.165) is 73.4 Å². The average Bonchev–Trinajstić information content (AvgIpc) is 3.41. The number of halogens is 3. The minimum absolute atomic E-state index is 0.639. The molecule has 1 fully saturated rings. The predicted octanol–water partition coefficient (Wildman–Crippen LogP) is 4.79. The molecule has 0 amide bonds. The number of hydrogen-bond donors (Lipinski definition) is 0. The van der Waals surface area contributed by atoms with Crippen molar-refractivity contribution in [3.8, 4) is 10.6 Å². The standard InChI is InChI=1S/C23H22F3N5S/c24-23(25,26)18-6-4-17(5-7-18)22-28-20(16-32-22)14-30-11-9-29(10-12-30)13-19-15-31-8-2-1-3-21(31)27-19/h1-8,15-16H,9-14H2. The van der Waals surface area contributed by atoms with Gasteiger partial charge in [-0.25, -0.2) is 9.97 Å². The second-order valence-corrected chi connectivity index (χ2v) is 8.83. The maximum absolute atomic E-state index is 12.8. The van der Waals surface area contributed by atoms with E-state index in [1.54, 1.807) is 0 Å². The van der Waals surface area contributed by atoms with Gasteiger partial charge in [0, 0.05) is 62.6 Å². The molecule has 0 aliphatic carbocycles. The quantitative estimate of drug-likeness (QED) is 0.432. The summed E-state index contributed by atoms with van der Waals surface area (Å²) in [6.07, 6.45) is -0.226. The number of thiazole rings is 1. The predicted molar refractivity (Wildman–Crippen MR) is 118 cm³/mol.